The van der Waals surface area contributed by atoms with Crippen molar-refractivity contribution in [3.05, 3.63) is 71.8 Å². The van der Waals surface area contributed by atoms with Gasteiger partial charge in [0, 0.05) is 6.42 Å². The molecule has 110 valence electrons. The highest BCUT2D eigenvalue weighted by atomic mass is 79.9. The van der Waals surface area contributed by atoms with E-state index in [0.717, 1.165) is 18.9 Å². The van der Waals surface area contributed by atoms with Crippen LogP contribution >= 0.6 is 0 Å². The number of rotatable bonds is 2. The van der Waals surface area contributed by atoms with Crippen molar-refractivity contribution in [3.8, 4) is 0 Å². The molecule has 2 nitrogen and oxygen atoms in total. The molecular formula is C18H20BrNO. The van der Waals surface area contributed by atoms with Crippen molar-refractivity contribution in [1.29, 1.82) is 0 Å². The Hall–Kier alpha value is -1.61. The fourth-order valence-electron chi connectivity index (χ4n) is 3.19. The Kier molecular flexibility index (Phi) is 4.84. The van der Waals surface area contributed by atoms with Crippen LogP contribution in [0, 0.1) is 0 Å². The molecule has 2 aromatic rings. The molecule has 0 N–H and O–H groups in total. The van der Waals surface area contributed by atoms with Gasteiger partial charge in [0.25, 0.3) is 0 Å². The highest BCUT2D eigenvalue weighted by Crippen LogP contribution is 2.41. The van der Waals surface area contributed by atoms with Crippen LogP contribution in [0.4, 0.5) is 0 Å². The quantitative estimate of drug-likeness (QED) is 0.701. The van der Waals surface area contributed by atoms with Gasteiger partial charge in [0.15, 0.2) is 0 Å². The van der Waals surface area contributed by atoms with Gasteiger partial charge in [-0.25, -0.2) is 4.58 Å². The molecule has 1 saturated heterocycles. The summed E-state index contributed by atoms with van der Waals surface area (Å²) in [6.07, 6.45) is 0.981. The number of ether oxygens (including phenoxy) is 1. The third kappa shape index (κ3) is 2.62. The summed E-state index contributed by atoms with van der Waals surface area (Å²) in [5.74, 6) is 1.04. The molecule has 0 amide bonds. The average molecular weight is 346 g/mol. The zero-order chi connectivity index (χ0) is 14.0. The van der Waals surface area contributed by atoms with E-state index in [-0.39, 0.29) is 22.4 Å². The first-order valence-electron chi connectivity index (χ1n) is 7.04. The molecule has 0 spiro atoms. The van der Waals surface area contributed by atoms with E-state index in [0.29, 0.717) is 0 Å². The molecule has 0 aromatic heterocycles. The van der Waals surface area contributed by atoms with Gasteiger partial charge in [-0.2, -0.15) is 0 Å². The Morgan fingerprint density at radius 3 is 1.76 bits per heavy atom. The van der Waals surface area contributed by atoms with E-state index in [1.54, 1.807) is 0 Å². The zero-order valence-electron chi connectivity index (χ0n) is 12.4. The lowest BCUT2D eigenvalue weighted by Crippen LogP contribution is -3.00. The zero-order valence-corrected chi connectivity index (χ0v) is 14.0. The van der Waals surface area contributed by atoms with Gasteiger partial charge in [0.2, 0.25) is 0 Å². The smallest absolute Gasteiger partial charge is 0.351 e. The van der Waals surface area contributed by atoms with Crippen LogP contribution in [0.5, 0.6) is 0 Å². The molecule has 21 heavy (non-hydrogen) atoms. The largest absolute Gasteiger partial charge is 1.00 e. The minimum Gasteiger partial charge on any atom is -1.00 e. The third-order valence-corrected chi connectivity index (χ3v) is 4.02. The van der Waals surface area contributed by atoms with E-state index in [2.05, 4.69) is 79.3 Å². The number of halogens is 1. The van der Waals surface area contributed by atoms with Crippen LogP contribution in [-0.2, 0) is 10.2 Å². The lowest BCUT2D eigenvalue weighted by molar-refractivity contribution is -0.476. The second kappa shape index (κ2) is 6.44. The fraction of sp³-hybridized carbons (Fsp3) is 0.278. The first-order valence-corrected chi connectivity index (χ1v) is 7.04. The summed E-state index contributed by atoms with van der Waals surface area (Å²) in [5.41, 5.74) is 2.44. The van der Waals surface area contributed by atoms with Crippen LogP contribution < -0.4 is 17.0 Å². The van der Waals surface area contributed by atoms with Crippen LogP contribution in [0.1, 0.15) is 17.5 Å². The molecule has 0 unspecified atom stereocenters. The van der Waals surface area contributed by atoms with E-state index < -0.39 is 0 Å². The molecule has 0 saturated carbocycles. The van der Waals surface area contributed by atoms with Gasteiger partial charge in [0.1, 0.15) is 19.5 Å². The summed E-state index contributed by atoms with van der Waals surface area (Å²) in [7, 11) is 4.11. The Labute approximate surface area is 136 Å². The van der Waals surface area contributed by atoms with E-state index in [1.165, 1.54) is 11.1 Å². The third-order valence-electron chi connectivity index (χ3n) is 4.02. The SMILES string of the molecule is C[N+](C)=C1OCCC1(c1ccccc1)c1ccccc1.[Br-]. The highest BCUT2D eigenvalue weighted by Gasteiger charge is 2.50. The maximum atomic E-state index is 5.98. The predicted molar refractivity (Wildman–Crippen MR) is 81.3 cm³/mol. The molecule has 1 heterocycles. The Morgan fingerprint density at radius 1 is 0.857 bits per heavy atom. The van der Waals surface area contributed by atoms with Gasteiger partial charge in [-0.05, 0) is 11.1 Å². The van der Waals surface area contributed by atoms with Crippen molar-refractivity contribution in [2.75, 3.05) is 20.7 Å². The minimum atomic E-state index is -0.161. The summed E-state index contributed by atoms with van der Waals surface area (Å²) < 4.78 is 8.09. The standard InChI is InChI=1S/C18H20NO.BrH/c1-19(2)17-18(13-14-20-17,15-9-5-3-6-10-15)16-11-7-4-8-12-16;/h3-12H,13-14H2,1-2H3;1H/q+1;/p-1. The summed E-state index contributed by atoms with van der Waals surface area (Å²) in [5, 5.41) is 0. The molecule has 1 aliphatic heterocycles. The molecule has 3 heteroatoms. The van der Waals surface area contributed by atoms with E-state index in [4.69, 9.17) is 4.74 Å². The van der Waals surface area contributed by atoms with Crippen molar-refractivity contribution < 1.29 is 26.3 Å². The lowest BCUT2D eigenvalue weighted by Gasteiger charge is -2.26. The maximum Gasteiger partial charge on any atom is 0.351 e. The van der Waals surface area contributed by atoms with Crippen molar-refractivity contribution in [1.82, 2.24) is 0 Å². The molecule has 1 aliphatic rings. The van der Waals surface area contributed by atoms with Crippen LogP contribution in [0.15, 0.2) is 60.7 Å². The second-order valence-electron chi connectivity index (χ2n) is 5.44. The fourth-order valence-corrected chi connectivity index (χ4v) is 3.19. The Morgan fingerprint density at radius 2 is 1.33 bits per heavy atom. The number of hydrogen-bond acceptors (Lipinski definition) is 1. The van der Waals surface area contributed by atoms with Gasteiger partial charge >= 0.3 is 5.90 Å². The molecule has 0 bridgehead atoms. The van der Waals surface area contributed by atoms with Crippen molar-refractivity contribution in [2.24, 2.45) is 0 Å². The van der Waals surface area contributed by atoms with Gasteiger partial charge < -0.3 is 21.7 Å². The molecule has 1 fully saturated rings. The summed E-state index contributed by atoms with van der Waals surface area (Å²) in [6.45, 7) is 0.761. The molecule has 0 aliphatic carbocycles. The molecule has 0 atom stereocenters. The van der Waals surface area contributed by atoms with E-state index in [9.17, 15) is 0 Å². The molecular weight excluding hydrogens is 326 g/mol. The van der Waals surface area contributed by atoms with Crippen molar-refractivity contribution in [2.45, 2.75) is 11.8 Å². The van der Waals surface area contributed by atoms with Crippen LogP contribution in [0.3, 0.4) is 0 Å². The van der Waals surface area contributed by atoms with Crippen LogP contribution in [-0.4, -0.2) is 31.2 Å². The molecule has 0 radical (unpaired) electrons. The second-order valence-corrected chi connectivity index (χ2v) is 5.44. The lowest BCUT2D eigenvalue weighted by atomic mass is 9.73. The summed E-state index contributed by atoms with van der Waals surface area (Å²) in [6, 6.07) is 21.3. The van der Waals surface area contributed by atoms with Gasteiger partial charge in [0.05, 0.1) is 6.61 Å². The topological polar surface area (TPSA) is 12.2 Å². The van der Waals surface area contributed by atoms with Gasteiger partial charge in [-0.1, -0.05) is 60.7 Å². The number of nitrogens with zero attached hydrogens (tertiary/aromatic N) is 1. The average Bonchev–Trinajstić information content (AvgIpc) is 2.95. The maximum absolute atomic E-state index is 5.98. The predicted octanol–water partition coefficient (Wildman–Crippen LogP) is 0.0676. The highest BCUT2D eigenvalue weighted by molar-refractivity contribution is 5.90. The first kappa shape index (κ1) is 15.8. The Bertz CT molecular complexity index is 579. The number of hydrogen-bond donors (Lipinski definition) is 0. The number of benzene rings is 2. The van der Waals surface area contributed by atoms with E-state index in [1.807, 2.05) is 0 Å². The summed E-state index contributed by atoms with van der Waals surface area (Å²) >= 11 is 0. The van der Waals surface area contributed by atoms with Gasteiger partial charge in [-0.15, -0.1) is 0 Å². The van der Waals surface area contributed by atoms with E-state index >= 15 is 0 Å². The van der Waals surface area contributed by atoms with Gasteiger partial charge in [-0.3, -0.25) is 0 Å². The summed E-state index contributed by atoms with van der Waals surface area (Å²) in [4.78, 5) is 0. The van der Waals surface area contributed by atoms with Crippen molar-refractivity contribution in [3.63, 3.8) is 0 Å². The monoisotopic (exact) mass is 345 g/mol. The van der Waals surface area contributed by atoms with Crippen molar-refractivity contribution >= 4 is 5.90 Å². The molecule has 2 aromatic carbocycles. The van der Waals surface area contributed by atoms with Crippen LogP contribution in [0.25, 0.3) is 0 Å². The molecule has 3 rings (SSSR count). The van der Waals surface area contributed by atoms with Crippen LogP contribution in [0.2, 0.25) is 0 Å². The Balaban J connectivity index is 0.00000161. The first-order chi connectivity index (χ1) is 9.75. The minimum absolute atomic E-state index is 0. The normalized spacial score (nSPS) is 16.0.